The maximum absolute atomic E-state index is 10.8. The largest absolute Gasteiger partial charge is 0.287 e. The van der Waals surface area contributed by atoms with Crippen molar-refractivity contribution in [2.75, 3.05) is 0 Å². The van der Waals surface area contributed by atoms with Gasteiger partial charge in [0.1, 0.15) is 4.70 Å². The number of benzene rings is 1. The molecule has 0 atom stereocenters. The van der Waals surface area contributed by atoms with E-state index in [1.807, 2.05) is 18.4 Å². The maximum Gasteiger partial charge on any atom is 0.287 e. The van der Waals surface area contributed by atoms with Crippen molar-refractivity contribution in [3.05, 3.63) is 33.2 Å². The second-order valence-corrected chi connectivity index (χ2v) is 4.35. The molecule has 14 heavy (non-hydrogen) atoms. The van der Waals surface area contributed by atoms with Crippen molar-refractivity contribution in [3.8, 4) is 0 Å². The first-order valence-electron chi connectivity index (χ1n) is 3.95. The van der Waals surface area contributed by atoms with Crippen LogP contribution in [0.3, 0.4) is 0 Å². The van der Waals surface area contributed by atoms with Crippen molar-refractivity contribution >= 4 is 39.7 Å². The average molecular weight is 225 g/mol. The number of non-ortho nitro benzene ring substituents is 1. The zero-order chi connectivity index (χ0) is 10.3. The molecule has 0 amide bonds. The molecule has 1 aromatic carbocycles. The fourth-order valence-corrected chi connectivity index (χ4v) is 2.60. The first kappa shape index (κ1) is 9.48. The van der Waals surface area contributed by atoms with Gasteiger partial charge in [-0.05, 0) is 23.9 Å². The molecule has 0 aliphatic rings. The van der Waals surface area contributed by atoms with E-state index in [1.165, 1.54) is 11.3 Å². The highest BCUT2D eigenvalue weighted by Crippen LogP contribution is 2.36. The van der Waals surface area contributed by atoms with E-state index in [4.69, 9.17) is 0 Å². The Balaban J connectivity index is 2.91. The number of fused-ring (bicyclic) bond motifs is 1. The first-order chi connectivity index (χ1) is 6.61. The molecule has 0 unspecified atom stereocenters. The molecule has 5 heteroatoms. The van der Waals surface area contributed by atoms with Crippen LogP contribution >= 0.6 is 24.0 Å². The fourth-order valence-electron chi connectivity index (χ4n) is 1.38. The number of thiophene rings is 1. The molecule has 0 aliphatic carbocycles. The number of aryl methyl sites for hydroxylation is 1. The standard InChI is InChI=1S/C9H7NO2S2/c1-5-4-7(10(11)12)9-6(8(5)13)2-3-14-9/h2-4,13H,1H3. The highest BCUT2D eigenvalue weighted by Gasteiger charge is 2.16. The van der Waals surface area contributed by atoms with Crippen LogP contribution in [0.5, 0.6) is 0 Å². The number of hydrogen-bond donors (Lipinski definition) is 1. The van der Waals surface area contributed by atoms with Gasteiger partial charge in [0.05, 0.1) is 4.92 Å². The Hall–Kier alpha value is -1.07. The van der Waals surface area contributed by atoms with Crippen LogP contribution in [0.2, 0.25) is 0 Å². The topological polar surface area (TPSA) is 43.1 Å². The lowest BCUT2D eigenvalue weighted by atomic mass is 10.1. The summed E-state index contributed by atoms with van der Waals surface area (Å²) in [6, 6.07) is 3.43. The van der Waals surface area contributed by atoms with E-state index in [-0.39, 0.29) is 10.6 Å². The van der Waals surface area contributed by atoms with Gasteiger partial charge in [-0.2, -0.15) is 0 Å². The summed E-state index contributed by atoms with van der Waals surface area (Å²) in [5.74, 6) is 0. The predicted octanol–water partition coefficient (Wildman–Crippen LogP) is 3.41. The summed E-state index contributed by atoms with van der Waals surface area (Å²) < 4.78 is 0.700. The molecule has 0 saturated carbocycles. The van der Waals surface area contributed by atoms with E-state index in [1.54, 1.807) is 6.07 Å². The van der Waals surface area contributed by atoms with Crippen LogP contribution < -0.4 is 0 Å². The maximum atomic E-state index is 10.8. The second kappa shape index (κ2) is 3.25. The third kappa shape index (κ3) is 1.29. The highest BCUT2D eigenvalue weighted by molar-refractivity contribution is 7.80. The van der Waals surface area contributed by atoms with Crippen molar-refractivity contribution < 1.29 is 4.92 Å². The van der Waals surface area contributed by atoms with Gasteiger partial charge in [0, 0.05) is 16.3 Å². The van der Waals surface area contributed by atoms with Gasteiger partial charge >= 0.3 is 0 Å². The van der Waals surface area contributed by atoms with Crippen molar-refractivity contribution in [2.45, 2.75) is 11.8 Å². The van der Waals surface area contributed by atoms with E-state index in [9.17, 15) is 10.1 Å². The zero-order valence-electron chi connectivity index (χ0n) is 7.35. The molecular formula is C9H7NO2S2. The average Bonchev–Trinajstić information content (AvgIpc) is 2.59. The predicted molar refractivity (Wildman–Crippen MR) is 60.5 cm³/mol. The number of nitro benzene ring substituents is 1. The minimum atomic E-state index is -0.348. The van der Waals surface area contributed by atoms with Crippen molar-refractivity contribution in [2.24, 2.45) is 0 Å². The lowest BCUT2D eigenvalue weighted by Gasteiger charge is -2.01. The smallest absolute Gasteiger partial charge is 0.258 e. The third-order valence-electron chi connectivity index (χ3n) is 2.08. The molecule has 2 aromatic rings. The second-order valence-electron chi connectivity index (χ2n) is 2.98. The van der Waals surface area contributed by atoms with Crippen LogP contribution in [0.25, 0.3) is 10.1 Å². The molecule has 0 aliphatic heterocycles. The Kier molecular flexibility index (Phi) is 2.20. The quantitative estimate of drug-likeness (QED) is 0.459. The highest BCUT2D eigenvalue weighted by atomic mass is 32.1. The normalized spacial score (nSPS) is 10.7. The summed E-state index contributed by atoms with van der Waals surface area (Å²) >= 11 is 5.70. The summed E-state index contributed by atoms with van der Waals surface area (Å²) in [6.45, 7) is 1.83. The van der Waals surface area contributed by atoms with Crippen LogP contribution in [0.4, 0.5) is 5.69 Å². The van der Waals surface area contributed by atoms with E-state index in [0.29, 0.717) is 4.70 Å². The van der Waals surface area contributed by atoms with Gasteiger partial charge in [-0.15, -0.1) is 24.0 Å². The Labute approximate surface area is 89.9 Å². The molecule has 0 radical (unpaired) electrons. The SMILES string of the molecule is Cc1cc([N+](=O)[O-])c2sccc2c1S. The lowest BCUT2D eigenvalue weighted by molar-refractivity contribution is -0.382. The van der Waals surface area contributed by atoms with E-state index < -0.39 is 0 Å². The lowest BCUT2D eigenvalue weighted by Crippen LogP contribution is -1.89. The van der Waals surface area contributed by atoms with Crippen molar-refractivity contribution in [3.63, 3.8) is 0 Å². The molecule has 0 spiro atoms. The van der Waals surface area contributed by atoms with E-state index >= 15 is 0 Å². The van der Waals surface area contributed by atoms with Crippen LogP contribution in [-0.2, 0) is 0 Å². The van der Waals surface area contributed by atoms with Crippen LogP contribution in [0.15, 0.2) is 22.4 Å². The number of nitrogens with zero attached hydrogens (tertiary/aromatic N) is 1. The third-order valence-corrected chi connectivity index (χ3v) is 3.61. The molecule has 2 rings (SSSR count). The minimum absolute atomic E-state index is 0.172. The number of nitro groups is 1. The van der Waals surface area contributed by atoms with Crippen molar-refractivity contribution in [1.29, 1.82) is 0 Å². The van der Waals surface area contributed by atoms with Gasteiger partial charge in [-0.25, -0.2) is 0 Å². The van der Waals surface area contributed by atoms with E-state index in [0.717, 1.165) is 15.8 Å². The summed E-state index contributed by atoms with van der Waals surface area (Å²) in [6.07, 6.45) is 0. The van der Waals surface area contributed by atoms with Gasteiger partial charge < -0.3 is 0 Å². The molecule has 1 aromatic heterocycles. The van der Waals surface area contributed by atoms with Gasteiger partial charge in [0.25, 0.3) is 5.69 Å². The van der Waals surface area contributed by atoms with Crippen LogP contribution in [0.1, 0.15) is 5.56 Å². The van der Waals surface area contributed by atoms with Gasteiger partial charge in [0.2, 0.25) is 0 Å². The first-order valence-corrected chi connectivity index (χ1v) is 5.28. The molecule has 72 valence electrons. The molecule has 1 heterocycles. The summed E-state index contributed by atoms with van der Waals surface area (Å²) in [7, 11) is 0. The minimum Gasteiger partial charge on any atom is -0.258 e. The Morgan fingerprint density at radius 1 is 1.57 bits per heavy atom. The summed E-state index contributed by atoms with van der Waals surface area (Å²) in [4.78, 5) is 11.2. The van der Waals surface area contributed by atoms with Gasteiger partial charge in [-0.1, -0.05) is 0 Å². The van der Waals surface area contributed by atoms with Crippen LogP contribution in [0, 0.1) is 17.0 Å². The molecular weight excluding hydrogens is 218 g/mol. The molecule has 0 bridgehead atoms. The molecule has 0 N–H and O–H groups in total. The number of hydrogen-bond acceptors (Lipinski definition) is 4. The summed E-state index contributed by atoms with van der Waals surface area (Å²) in [5, 5.41) is 13.5. The molecule has 0 fully saturated rings. The Morgan fingerprint density at radius 3 is 2.93 bits per heavy atom. The number of thiol groups is 1. The Bertz CT molecular complexity index is 519. The van der Waals surface area contributed by atoms with Gasteiger partial charge in [0.15, 0.2) is 0 Å². The Morgan fingerprint density at radius 2 is 2.29 bits per heavy atom. The van der Waals surface area contributed by atoms with Gasteiger partial charge in [-0.3, -0.25) is 10.1 Å². The fraction of sp³-hybridized carbons (Fsp3) is 0.111. The van der Waals surface area contributed by atoms with Crippen molar-refractivity contribution in [1.82, 2.24) is 0 Å². The summed E-state index contributed by atoms with van der Waals surface area (Å²) in [5.41, 5.74) is 1.01. The van der Waals surface area contributed by atoms with E-state index in [2.05, 4.69) is 12.6 Å². The van der Waals surface area contributed by atoms with Crippen LogP contribution in [-0.4, -0.2) is 4.92 Å². The monoisotopic (exact) mass is 225 g/mol. The molecule has 0 saturated heterocycles. The molecule has 3 nitrogen and oxygen atoms in total. The number of rotatable bonds is 1. The zero-order valence-corrected chi connectivity index (χ0v) is 9.06.